The molecule has 24 heavy (non-hydrogen) atoms. The van der Waals surface area contributed by atoms with Gasteiger partial charge in [0.15, 0.2) is 5.41 Å². The number of likely N-dealkylation sites (tertiary alicyclic amines) is 1. The highest BCUT2D eigenvalue weighted by atomic mass is 16.5. The minimum atomic E-state index is -1.42. The molecule has 0 radical (unpaired) electrons. The number of carbonyl (C=O) groups excluding carboxylic acids is 2. The van der Waals surface area contributed by atoms with Gasteiger partial charge in [-0.3, -0.25) is 9.59 Å². The smallest absolute Gasteiger partial charge is 0.328 e. The summed E-state index contributed by atoms with van der Waals surface area (Å²) in [5.74, 6) is -0.301. The molecule has 0 spiro atoms. The number of carbonyl (C=O) groups is 2. The first-order chi connectivity index (χ1) is 11.7. The number of benzene rings is 1. The molecule has 1 amide bonds. The van der Waals surface area contributed by atoms with Crippen LogP contribution in [0.25, 0.3) is 0 Å². The maximum Gasteiger partial charge on any atom is 0.328 e. The van der Waals surface area contributed by atoms with Crippen LogP contribution in [-0.2, 0) is 19.7 Å². The summed E-state index contributed by atoms with van der Waals surface area (Å²) in [5, 5.41) is 0. The van der Waals surface area contributed by atoms with Crippen LogP contribution < -0.4 is 0 Å². The van der Waals surface area contributed by atoms with Gasteiger partial charge in [-0.25, -0.2) is 0 Å². The number of β-lactam (4-membered cyclic amide) rings is 1. The van der Waals surface area contributed by atoms with Gasteiger partial charge in [-0.05, 0) is 24.6 Å². The van der Waals surface area contributed by atoms with E-state index in [4.69, 9.17) is 9.15 Å². The van der Waals surface area contributed by atoms with Crippen molar-refractivity contribution in [3.05, 3.63) is 72.7 Å². The lowest BCUT2D eigenvalue weighted by molar-refractivity contribution is -0.179. The molecule has 2 atom stereocenters. The predicted octanol–water partition coefficient (Wildman–Crippen LogP) is 2.85. The maximum absolute atomic E-state index is 13.0. The van der Waals surface area contributed by atoms with Crippen molar-refractivity contribution in [2.75, 3.05) is 13.2 Å². The van der Waals surface area contributed by atoms with Gasteiger partial charge in [0.2, 0.25) is 5.91 Å². The zero-order valence-corrected chi connectivity index (χ0v) is 13.5. The normalized spacial score (nSPS) is 22.8. The van der Waals surface area contributed by atoms with Crippen LogP contribution in [0.2, 0.25) is 0 Å². The second-order valence-electron chi connectivity index (χ2n) is 5.56. The number of ether oxygens (including phenoxy) is 1. The van der Waals surface area contributed by atoms with Gasteiger partial charge in [0.05, 0.1) is 12.9 Å². The third-order valence-electron chi connectivity index (χ3n) is 4.29. The van der Waals surface area contributed by atoms with Crippen LogP contribution in [0, 0.1) is 0 Å². The second-order valence-corrected chi connectivity index (χ2v) is 5.56. The van der Waals surface area contributed by atoms with Crippen LogP contribution in [0.1, 0.15) is 24.3 Å². The Morgan fingerprint density at radius 1 is 1.33 bits per heavy atom. The van der Waals surface area contributed by atoms with E-state index in [1.807, 2.05) is 6.07 Å². The summed E-state index contributed by atoms with van der Waals surface area (Å²) in [6.45, 7) is 5.95. The predicted molar refractivity (Wildman–Crippen MR) is 88.1 cm³/mol. The highest BCUT2D eigenvalue weighted by Gasteiger charge is 2.68. The first-order valence-corrected chi connectivity index (χ1v) is 7.86. The van der Waals surface area contributed by atoms with Gasteiger partial charge in [-0.15, -0.1) is 6.58 Å². The molecule has 1 fully saturated rings. The van der Waals surface area contributed by atoms with E-state index in [9.17, 15) is 9.59 Å². The Morgan fingerprint density at radius 2 is 2.08 bits per heavy atom. The Hall–Kier alpha value is -2.82. The van der Waals surface area contributed by atoms with E-state index in [1.54, 1.807) is 54.3 Å². The molecule has 1 aromatic carbocycles. The fraction of sp³-hybridized carbons (Fsp3) is 0.263. The standard InChI is InChI=1S/C19H19NO4/c1-3-12-20-16(15-11-8-13-24-15)19(17(20)21,18(22)23-4-2)14-9-6-5-7-10-14/h3,5-11,13,16H,1,4,12H2,2H3/t16-,19+/m0/s1. The quantitative estimate of drug-likeness (QED) is 0.355. The average molecular weight is 325 g/mol. The molecule has 0 bridgehead atoms. The summed E-state index contributed by atoms with van der Waals surface area (Å²) in [6, 6.07) is 12.0. The Balaban J connectivity index is 2.17. The van der Waals surface area contributed by atoms with Crippen LogP contribution in [0.4, 0.5) is 0 Å². The van der Waals surface area contributed by atoms with Gasteiger partial charge in [-0.1, -0.05) is 36.4 Å². The molecular weight excluding hydrogens is 306 g/mol. The largest absolute Gasteiger partial charge is 0.467 e. The van der Waals surface area contributed by atoms with Gasteiger partial charge in [0, 0.05) is 6.54 Å². The van der Waals surface area contributed by atoms with Crippen LogP contribution in [0.15, 0.2) is 65.8 Å². The second kappa shape index (κ2) is 6.35. The van der Waals surface area contributed by atoms with Gasteiger partial charge in [0.1, 0.15) is 11.8 Å². The molecule has 1 aliphatic rings. The monoisotopic (exact) mass is 325 g/mol. The molecule has 0 aliphatic carbocycles. The highest BCUT2D eigenvalue weighted by molar-refractivity contribution is 6.14. The van der Waals surface area contributed by atoms with Gasteiger partial charge >= 0.3 is 5.97 Å². The summed E-state index contributed by atoms with van der Waals surface area (Å²) in [7, 11) is 0. The van der Waals surface area contributed by atoms with Crippen molar-refractivity contribution in [3.8, 4) is 0 Å². The van der Waals surface area contributed by atoms with Crippen LogP contribution in [-0.4, -0.2) is 29.9 Å². The van der Waals surface area contributed by atoms with E-state index < -0.39 is 17.4 Å². The molecule has 0 unspecified atom stereocenters. The minimum absolute atomic E-state index is 0.201. The molecule has 2 heterocycles. The van der Waals surface area contributed by atoms with E-state index in [1.165, 1.54) is 6.26 Å². The number of hydrogen-bond donors (Lipinski definition) is 0. The molecule has 124 valence electrons. The molecule has 0 saturated carbocycles. The maximum atomic E-state index is 13.0. The van der Waals surface area contributed by atoms with Gasteiger partial charge in [0.25, 0.3) is 0 Å². The topological polar surface area (TPSA) is 59.8 Å². The van der Waals surface area contributed by atoms with E-state index in [0.717, 1.165) is 0 Å². The van der Waals surface area contributed by atoms with Crippen molar-refractivity contribution in [1.29, 1.82) is 0 Å². The summed E-state index contributed by atoms with van der Waals surface area (Å²) in [6.07, 6.45) is 3.17. The van der Waals surface area contributed by atoms with Crippen molar-refractivity contribution in [2.45, 2.75) is 18.4 Å². The Morgan fingerprint density at radius 3 is 2.67 bits per heavy atom. The molecule has 1 saturated heterocycles. The zero-order chi connectivity index (χ0) is 17.2. The first kappa shape index (κ1) is 16.1. The summed E-state index contributed by atoms with van der Waals surface area (Å²) in [4.78, 5) is 27.5. The lowest BCUT2D eigenvalue weighted by atomic mass is 9.64. The van der Waals surface area contributed by atoms with Crippen molar-refractivity contribution >= 4 is 11.9 Å². The van der Waals surface area contributed by atoms with E-state index in [2.05, 4.69) is 6.58 Å². The molecule has 0 N–H and O–H groups in total. The minimum Gasteiger partial charge on any atom is -0.467 e. The summed E-state index contributed by atoms with van der Waals surface area (Å²) in [5.41, 5.74) is -0.812. The fourth-order valence-corrected chi connectivity index (χ4v) is 3.31. The van der Waals surface area contributed by atoms with Crippen molar-refractivity contribution in [3.63, 3.8) is 0 Å². The molecule has 5 nitrogen and oxygen atoms in total. The van der Waals surface area contributed by atoms with Crippen molar-refractivity contribution < 1.29 is 18.7 Å². The molecule has 1 aliphatic heterocycles. The molecule has 1 aromatic heterocycles. The molecule has 3 rings (SSSR count). The summed E-state index contributed by atoms with van der Waals surface area (Å²) < 4.78 is 10.8. The van der Waals surface area contributed by atoms with Crippen LogP contribution in [0.3, 0.4) is 0 Å². The lowest BCUT2D eigenvalue weighted by Crippen LogP contribution is -2.69. The van der Waals surface area contributed by atoms with E-state index in [0.29, 0.717) is 17.9 Å². The van der Waals surface area contributed by atoms with Crippen LogP contribution in [0.5, 0.6) is 0 Å². The molecule has 5 heteroatoms. The highest BCUT2D eigenvalue weighted by Crippen LogP contribution is 2.52. The number of esters is 1. The van der Waals surface area contributed by atoms with Crippen LogP contribution >= 0.6 is 0 Å². The molecule has 2 aromatic rings. The van der Waals surface area contributed by atoms with Gasteiger partial charge in [-0.2, -0.15) is 0 Å². The Labute approximate surface area is 140 Å². The number of hydrogen-bond acceptors (Lipinski definition) is 4. The number of rotatable bonds is 6. The third kappa shape index (κ3) is 2.16. The molecular formula is C19H19NO4. The zero-order valence-electron chi connectivity index (χ0n) is 13.5. The van der Waals surface area contributed by atoms with E-state index >= 15 is 0 Å². The number of amides is 1. The Bertz CT molecular complexity index is 738. The first-order valence-electron chi connectivity index (χ1n) is 7.86. The number of nitrogens with zero attached hydrogens (tertiary/aromatic N) is 1. The third-order valence-corrected chi connectivity index (χ3v) is 4.29. The number of furan rings is 1. The van der Waals surface area contributed by atoms with Gasteiger partial charge < -0.3 is 14.1 Å². The van der Waals surface area contributed by atoms with Crippen molar-refractivity contribution in [1.82, 2.24) is 4.90 Å². The van der Waals surface area contributed by atoms with Crippen molar-refractivity contribution in [2.24, 2.45) is 0 Å². The fourth-order valence-electron chi connectivity index (χ4n) is 3.31. The summed E-state index contributed by atoms with van der Waals surface area (Å²) >= 11 is 0. The lowest BCUT2D eigenvalue weighted by Gasteiger charge is -2.53. The Kier molecular flexibility index (Phi) is 4.25. The SMILES string of the molecule is C=CCN1C(=O)[C@@](C(=O)OCC)(c2ccccc2)[C@@H]1c1ccco1. The average Bonchev–Trinajstić information content (AvgIpc) is 3.11. The van der Waals surface area contributed by atoms with E-state index in [-0.39, 0.29) is 12.5 Å².